The van der Waals surface area contributed by atoms with Gasteiger partial charge in [-0.2, -0.15) is 0 Å². The molecule has 2 fully saturated rings. The lowest BCUT2D eigenvalue weighted by atomic mass is 9.78. The Kier molecular flexibility index (Phi) is 4.66. The van der Waals surface area contributed by atoms with Crippen LogP contribution in [0.25, 0.3) is 0 Å². The summed E-state index contributed by atoms with van der Waals surface area (Å²) in [5.41, 5.74) is 0. The van der Waals surface area contributed by atoms with Crippen LogP contribution in [0.4, 0.5) is 0 Å². The Morgan fingerprint density at radius 2 is 1.75 bits per heavy atom. The van der Waals surface area contributed by atoms with Crippen molar-refractivity contribution in [2.24, 2.45) is 11.8 Å². The SMILES string of the molecule is CC1CCC(C(O)C2CCCCCN2)CC1. The molecular formula is C14H27NO. The maximum Gasteiger partial charge on any atom is 0.0721 e. The Morgan fingerprint density at radius 1 is 1.00 bits per heavy atom. The van der Waals surface area contributed by atoms with Crippen LogP contribution in [0, 0.1) is 11.8 Å². The Morgan fingerprint density at radius 3 is 2.50 bits per heavy atom. The normalized spacial score (nSPS) is 39.0. The monoisotopic (exact) mass is 225 g/mol. The first-order valence-corrected chi connectivity index (χ1v) is 7.19. The standard InChI is InChI=1S/C14H27NO/c1-11-6-8-12(9-7-11)14(16)13-5-3-2-4-10-15-13/h11-16H,2-10H2,1H3. The van der Waals surface area contributed by atoms with Crippen LogP contribution < -0.4 is 5.32 Å². The van der Waals surface area contributed by atoms with E-state index in [0.29, 0.717) is 12.0 Å². The fourth-order valence-electron chi connectivity index (χ4n) is 3.30. The van der Waals surface area contributed by atoms with Gasteiger partial charge in [-0.05, 0) is 44.1 Å². The van der Waals surface area contributed by atoms with E-state index in [1.54, 1.807) is 0 Å². The summed E-state index contributed by atoms with van der Waals surface area (Å²) in [5, 5.41) is 14.0. The van der Waals surface area contributed by atoms with Crippen molar-refractivity contribution < 1.29 is 5.11 Å². The zero-order valence-electron chi connectivity index (χ0n) is 10.6. The van der Waals surface area contributed by atoms with Crippen molar-refractivity contribution in [2.45, 2.75) is 70.4 Å². The molecule has 2 N–H and O–H groups in total. The minimum atomic E-state index is -0.0920. The molecule has 94 valence electrons. The van der Waals surface area contributed by atoms with Crippen molar-refractivity contribution in [1.82, 2.24) is 5.32 Å². The quantitative estimate of drug-likeness (QED) is 0.757. The molecule has 0 aromatic rings. The third-order valence-corrected chi connectivity index (χ3v) is 4.55. The van der Waals surface area contributed by atoms with Gasteiger partial charge in [0.15, 0.2) is 0 Å². The molecule has 2 aliphatic rings. The lowest BCUT2D eigenvalue weighted by Gasteiger charge is -2.34. The Balaban J connectivity index is 1.83. The molecule has 2 rings (SSSR count). The minimum Gasteiger partial charge on any atom is -0.391 e. The second-order valence-electron chi connectivity index (χ2n) is 5.92. The van der Waals surface area contributed by atoms with Gasteiger partial charge in [0.1, 0.15) is 0 Å². The van der Waals surface area contributed by atoms with Crippen LogP contribution in [-0.2, 0) is 0 Å². The van der Waals surface area contributed by atoms with Gasteiger partial charge in [-0.15, -0.1) is 0 Å². The molecule has 0 spiro atoms. The van der Waals surface area contributed by atoms with Crippen LogP contribution in [0.3, 0.4) is 0 Å². The van der Waals surface area contributed by atoms with Gasteiger partial charge in [0.25, 0.3) is 0 Å². The first-order valence-electron chi connectivity index (χ1n) is 7.19. The molecule has 2 atom stereocenters. The molecule has 1 saturated heterocycles. The molecule has 16 heavy (non-hydrogen) atoms. The average molecular weight is 225 g/mol. The average Bonchev–Trinajstić information content (AvgIpc) is 2.57. The topological polar surface area (TPSA) is 32.3 Å². The van der Waals surface area contributed by atoms with Gasteiger partial charge in [-0.25, -0.2) is 0 Å². The largest absolute Gasteiger partial charge is 0.391 e. The summed E-state index contributed by atoms with van der Waals surface area (Å²) in [6.07, 6.45) is 10.1. The fraction of sp³-hybridized carbons (Fsp3) is 1.00. The van der Waals surface area contributed by atoms with Gasteiger partial charge < -0.3 is 10.4 Å². The van der Waals surface area contributed by atoms with Crippen LogP contribution >= 0.6 is 0 Å². The van der Waals surface area contributed by atoms with Crippen molar-refractivity contribution in [3.8, 4) is 0 Å². The van der Waals surface area contributed by atoms with Crippen molar-refractivity contribution >= 4 is 0 Å². The van der Waals surface area contributed by atoms with Crippen molar-refractivity contribution in [3.05, 3.63) is 0 Å². The van der Waals surface area contributed by atoms with E-state index >= 15 is 0 Å². The zero-order valence-corrected chi connectivity index (χ0v) is 10.6. The van der Waals surface area contributed by atoms with Crippen molar-refractivity contribution in [3.63, 3.8) is 0 Å². The molecule has 0 amide bonds. The van der Waals surface area contributed by atoms with E-state index in [4.69, 9.17) is 0 Å². The van der Waals surface area contributed by atoms with E-state index in [0.717, 1.165) is 12.5 Å². The molecule has 2 unspecified atom stereocenters. The fourth-order valence-corrected chi connectivity index (χ4v) is 3.30. The molecule has 0 aromatic carbocycles. The summed E-state index contributed by atoms with van der Waals surface area (Å²) in [5.74, 6) is 1.44. The Hall–Kier alpha value is -0.0800. The zero-order chi connectivity index (χ0) is 11.4. The van der Waals surface area contributed by atoms with Crippen LogP contribution in [-0.4, -0.2) is 23.8 Å². The lowest BCUT2D eigenvalue weighted by Crippen LogP contribution is -2.44. The number of aliphatic hydroxyl groups excluding tert-OH is 1. The van der Waals surface area contributed by atoms with Crippen LogP contribution in [0.15, 0.2) is 0 Å². The second kappa shape index (κ2) is 6.02. The highest BCUT2D eigenvalue weighted by atomic mass is 16.3. The smallest absolute Gasteiger partial charge is 0.0721 e. The molecule has 0 radical (unpaired) electrons. The molecule has 1 saturated carbocycles. The molecule has 2 heteroatoms. The third kappa shape index (κ3) is 3.21. The van der Waals surface area contributed by atoms with E-state index < -0.39 is 0 Å². The number of hydrogen-bond acceptors (Lipinski definition) is 2. The Bertz CT molecular complexity index is 191. The van der Waals surface area contributed by atoms with E-state index in [-0.39, 0.29) is 6.10 Å². The van der Waals surface area contributed by atoms with Gasteiger partial charge in [0.05, 0.1) is 6.10 Å². The summed E-state index contributed by atoms with van der Waals surface area (Å²) in [4.78, 5) is 0. The predicted octanol–water partition coefficient (Wildman–Crippen LogP) is 2.71. The maximum atomic E-state index is 10.4. The maximum absolute atomic E-state index is 10.4. The molecule has 0 bridgehead atoms. The van der Waals surface area contributed by atoms with E-state index in [1.165, 1.54) is 51.4 Å². The van der Waals surface area contributed by atoms with E-state index in [2.05, 4.69) is 12.2 Å². The first-order chi connectivity index (χ1) is 7.77. The summed E-state index contributed by atoms with van der Waals surface area (Å²) in [7, 11) is 0. The van der Waals surface area contributed by atoms with Crippen molar-refractivity contribution in [1.29, 1.82) is 0 Å². The number of rotatable bonds is 2. The van der Waals surface area contributed by atoms with E-state index in [1.807, 2.05) is 0 Å². The summed E-state index contributed by atoms with van der Waals surface area (Å²) in [6.45, 7) is 3.44. The lowest BCUT2D eigenvalue weighted by molar-refractivity contribution is 0.0421. The van der Waals surface area contributed by atoms with Gasteiger partial charge in [0.2, 0.25) is 0 Å². The summed E-state index contributed by atoms with van der Waals surface area (Å²) < 4.78 is 0. The highest BCUT2D eigenvalue weighted by Gasteiger charge is 2.30. The third-order valence-electron chi connectivity index (χ3n) is 4.55. The highest BCUT2D eigenvalue weighted by molar-refractivity contribution is 4.85. The number of hydrogen-bond donors (Lipinski definition) is 2. The van der Waals surface area contributed by atoms with Crippen LogP contribution in [0.5, 0.6) is 0 Å². The van der Waals surface area contributed by atoms with Crippen LogP contribution in [0.1, 0.15) is 58.3 Å². The summed E-state index contributed by atoms with van der Waals surface area (Å²) >= 11 is 0. The van der Waals surface area contributed by atoms with E-state index in [9.17, 15) is 5.11 Å². The van der Waals surface area contributed by atoms with Gasteiger partial charge in [-0.3, -0.25) is 0 Å². The molecular weight excluding hydrogens is 198 g/mol. The molecule has 1 heterocycles. The highest BCUT2D eigenvalue weighted by Crippen LogP contribution is 2.32. The van der Waals surface area contributed by atoms with Gasteiger partial charge in [0, 0.05) is 6.04 Å². The minimum absolute atomic E-state index is 0.0920. The summed E-state index contributed by atoms with van der Waals surface area (Å²) in [6, 6.07) is 0.376. The van der Waals surface area contributed by atoms with Crippen molar-refractivity contribution in [2.75, 3.05) is 6.54 Å². The molecule has 1 aliphatic heterocycles. The molecule has 1 aliphatic carbocycles. The molecule has 2 nitrogen and oxygen atoms in total. The molecule has 0 aromatic heterocycles. The number of aliphatic hydroxyl groups is 1. The van der Waals surface area contributed by atoms with Gasteiger partial charge in [-0.1, -0.05) is 32.6 Å². The Labute approximate surface area is 99.8 Å². The first kappa shape index (κ1) is 12.4. The van der Waals surface area contributed by atoms with Crippen LogP contribution in [0.2, 0.25) is 0 Å². The predicted molar refractivity (Wildman–Crippen MR) is 67.4 cm³/mol. The van der Waals surface area contributed by atoms with Gasteiger partial charge >= 0.3 is 0 Å². The second-order valence-corrected chi connectivity index (χ2v) is 5.92. The number of nitrogens with one attached hydrogen (secondary N) is 1.